The Labute approximate surface area is 137 Å². The molecule has 2 rings (SSSR count). The predicted molar refractivity (Wildman–Crippen MR) is 81.9 cm³/mol. The summed E-state index contributed by atoms with van der Waals surface area (Å²) in [5.74, 6) is -1.86. The van der Waals surface area contributed by atoms with Crippen molar-refractivity contribution >= 4 is 70.7 Å². The van der Waals surface area contributed by atoms with Crippen LogP contribution in [0.1, 0.15) is 15.3 Å². The van der Waals surface area contributed by atoms with Crippen molar-refractivity contribution in [2.24, 2.45) is 0 Å². The van der Waals surface area contributed by atoms with Crippen molar-refractivity contribution in [3.8, 4) is 0 Å². The molecule has 2 aromatic rings. The van der Waals surface area contributed by atoms with E-state index in [-0.39, 0.29) is 9.85 Å². The molecule has 96 valence electrons. The summed E-state index contributed by atoms with van der Waals surface area (Å²) in [4.78, 5) is 0.648. The highest BCUT2D eigenvalue weighted by Crippen LogP contribution is 2.43. The summed E-state index contributed by atoms with van der Waals surface area (Å²) >= 11 is 17.6. The van der Waals surface area contributed by atoms with E-state index in [1.54, 1.807) is 0 Å². The normalized spacial score (nSPS) is 12.8. The Hall–Kier alpha value is 0.510. The molecule has 0 aliphatic heterocycles. The van der Waals surface area contributed by atoms with Gasteiger partial charge in [0.2, 0.25) is 0 Å². The SMILES string of the molecule is Fc1cc(Cl)c(C(Br)c2cc(Br)c(Br)s2)cc1F. The van der Waals surface area contributed by atoms with Crippen molar-refractivity contribution < 1.29 is 8.78 Å². The standard InChI is InChI=1S/C11H4Br3ClF2S/c12-5-2-9(18-11(5)14)10(13)4-1-7(16)8(17)3-6(4)15/h1-3,10H. The Morgan fingerprint density at radius 2 is 1.72 bits per heavy atom. The number of thiophene rings is 1. The molecule has 0 aliphatic rings. The summed E-state index contributed by atoms with van der Waals surface area (Å²) in [5.41, 5.74) is 0.497. The van der Waals surface area contributed by atoms with Gasteiger partial charge in [-0.3, -0.25) is 0 Å². The van der Waals surface area contributed by atoms with E-state index in [1.807, 2.05) is 6.07 Å². The van der Waals surface area contributed by atoms with Gasteiger partial charge in [0.1, 0.15) is 0 Å². The minimum atomic E-state index is -0.947. The van der Waals surface area contributed by atoms with E-state index in [0.29, 0.717) is 5.56 Å². The Bertz CT molecular complexity index is 581. The molecule has 0 saturated carbocycles. The second-order valence-corrected chi connectivity index (χ2v) is 8.00. The molecular formula is C11H4Br3ClF2S. The van der Waals surface area contributed by atoms with Crippen LogP contribution >= 0.6 is 70.7 Å². The summed E-state index contributed by atoms with van der Waals surface area (Å²) in [6.07, 6.45) is 0. The summed E-state index contributed by atoms with van der Waals surface area (Å²) in [6, 6.07) is 3.99. The van der Waals surface area contributed by atoms with Gasteiger partial charge in [0, 0.05) is 14.4 Å². The van der Waals surface area contributed by atoms with Crippen molar-refractivity contribution in [1.29, 1.82) is 0 Å². The molecule has 1 atom stereocenters. The second kappa shape index (κ2) is 5.87. The van der Waals surface area contributed by atoms with Gasteiger partial charge in [-0.25, -0.2) is 8.78 Å². The summed E-state index contributed by atoms with van der Waals surface area (Å²) in [7, 11) is 0. The zero-order valence-electron chi connectivity index (χ0n) is 8.49. The molecule has 0 bridgehead atoms. The first-order chi connectivity index (χ1) is 8.40. The molecule has 0 nitrogen and oxygen atoms in total. The monoisotopic (exact) mass is 478 g/mol. The van der Waals surface area contributed by atoms with Crippen molar-refractivity contribution in [3.63, 3.8) is 0 Å². The van der Waals surface area contributed by atoms with Crippen LogP contribution in [0.25, 0.3) is 0 Å². The minimum absolute atomic E-state index is 0.191. The maximum absolute atomic E-state index is 13.3. The maximum Gasteiger partial charge on any atom is 0.160 e. The fourth-order valence-electron chi connectivity index (χ4n) is 1.37. The third-order valence-electron chi connectivity index (χ3n) is 2.23. The number of halogens is 6. The molecule has 0 radical (unpaired) electrons. The molecule has 1 heterocycles. The third-order valence-corrected chi connectivity index (χ3v) is 7.16. The minimum Gasteiger partial charge on any atom is -0.204 e. The van der Waals surface area contributed by atoms with Crippen LogP contribution in [0.4, 0.5) is 8.78 Å². The molecule has 0 spiro atoms. The number of alkyl halides is 1. The van der Waals surface area contributed by atoms with Gasteiger partial charge < -0.3 is 0 Å². The van der Waals surface area contributed by atoms with Gasteiger partial charge >= 0.3 is 0 Å². The first-order valence-electron chi connectivity index (χ1n) is 4.63. The summed E-state index contributed by atoms with van der Waals surface area (Å²) in [5, 5.41) is 0.191. The number of hydrogen-bond acceptors (Lipinski definition) is 1. The van der Waals surface area contributed by atoms with Gasteiger partial charge in [-0.1, -0.05) is 27.5 Å². The molecule has 0 amide bonds. The number of benzene rings is 1. The van der Waals surface area contributed by atoms with Gasteiger partial charge in [0.05, 0.1) is 8.61 Å². The lowest BCUT2D eigenvalue weighted by Gasteiger charge is -2.10. The van der Waals surface area contributed by atoms with Gasteiger partial charge in [0.25, 0.3) is 0 Å². The Morgan fingerprint density at radius 3 is 2.28 bits per heavy atom. The van der Waals surface area contributed by atoms with Crippen molar-refractivity contribution in [2.75, 3.05) is 0 Å². The van der Waals surface area contributed by atoms with Gasteiger partial charge in [-0.05, 0) is 55.6 Å². The highest BCUT2D eigenvalue weighted by Gasteiger charge is 2.19. The number of rotatable bonds is 2. The molecule has 7 heteroatoms. The third kappa shape index (κ3) is 2.98. The first-order valence-corrected chi connectivity index (χ1v) is 8.33. The van der Waals surface area contributed by atoms with E-state index < -0.39 is 11.6 Å². The quantitative estimate of drug-likeness (QED) is 0.331. The fourth-order valence-corrected chi connectivity index (χ4v) is 4.64. The average Bonchev–Trinajstić information content (AvgIpc) is 2.63. The topological polar surface area (TPSA) is 0 Å². The highest BCUT2D eigenvalue weighted by atomic mass is 79.9. The zero-order chi connectivity index (χ0) is 13.4. The molecule has 1 aromatic carbocycles. The lowest BCUT2D eigenvalue weighted by atomic mass is 10.1. The van der Waals surface area contributed by atoms with Crippen molar-refractivity contribution in [3.05, 3.63) is 53.6 Å². The van der Waals surface area contributed by atoms with Gasteiger partial charge in [-0.2, -0.15) is 0 Å². The van der Waals surface area contributed by atoms with Crippen LogP contribution in [0.2, 0.25) is 5.02 Å². The molecular weight excluding hydrogens is 477 g/mol. The number of hydrogen-bond donors (Lipinski definition) is 0. The molecule has 0 N–H and O–H groups in total. The van der Waals surface area contributed by atoms with Crippen molar-refractivity contribution in [2.45, 2.75) is 4.83 Å². The predicted octanol–water partition coefficient (Wildman–Crippen LogP) is 6.69. The molecule has 18 heavy (non-hydrogen) atoms. The zero-order valence-corrected chi connectivity index (χ0v) is 14.8. The molecule has 0 fully saturated rings. The molecule has 1 unspecified atom stereocenters. The lowest BCUT2D eigenvalue weighted by Crippen LogP contribution is -1.95. The highest BCUT2D eigenvalue weighted by molar-refractivity contribution is 9.13. The van der Waals surface area contributed by atoms with Crippen LogP contribution in [0.15, 0.2) is 26.5 Å². The maximum atomic E-state index is 13.3. The smallest absolute Gasteiger partial charge is 0.160 e. The van der Waals surface area contributed by atoms with Crippen LogP contribution in [0, 0.1) is 11.6 Å². The molecule has 0 aliphatic carbocycles. The van der Waals surface area contributed by atoms with Crippen LogP contribution in [0.5, 0.6) is 0 Å². The Balaban J connectivity index is 2.45. The van der Waals surface area contributed by atoms with E-state index in [0.717, 1.165) is 25.3 Å². The second-order valence-electron chi connectivity index (χ2n) is 3.42. The van der Waals surface area contributed by atoms with Crippen LogP contribution in [0.3, 0.4) is 0 Å². The largest absolute Gasteiger partial charge is 0.204 e. The van der Waals surface area contributed by atoms with E-state index >= 15 is 0 Å². The van der Waals surface area contributed by atoms with Gasteiger partial charge in [0.15, 0.2) is 11.6 Å². The van der Waals surface area contributed by atoms with E-state index in [9.17, 15) is 8.78 Å². The van der Waals surface area contributed by atoms with E-state index in [4.69, 9.17) is 11.6 Å². The average molecular weight is 481 g/mol. The van der Waals surface area contributed by atoms with Crippen molar-refractivity contribution in [1.82, 2.24) is 0 Å². The molecule has 1 aromatic heterocycles. The first kappa shape index (κ1) is 14.9. The Morgan fingerprint density at radius 1 is 1.11 bits per heavy atom. The van der Waals surface area contributed by atoms with Crippen LogP contribution < -0.4 is 0 Å². The molecule has 0 saturated heterocycles. The van der Waals surface area contributed by atoms with E-state index in [1.165, 1.54) is 11.3 Å². The lowest BCUT2D eigenvalue weighted by molar-refractivity contribution is 0.507. The fraction of sp³-hybridized carbons (Fsp3) is 0.0909. The van der Waals surface area contributed by atoms with Crippen LogP contribution in [-0.2, 0) is 0 Å². The summed E-state index contributed by atoms with van der Waals surface area (Å²) in [6.45, 7) is 0. The Kier molecular flexibility index (Phi) is 4.86. The van der Waals surface area contributed by atoms with Crippen LogP contribution in [-0.4, -0.2) is 0 Å². The van der Waals surface area contributed by atoms with Gasteiger partial charge in [-0.15, -0.1) is 11.3 Å². The van der Waals surface area contributed by atoms with E-state index in [2.05, 4.69) is 47.8 Å². The summed E-state index contributed by atoms with van der Waals surface area (Å²) < 4.78 is 28.1.